The molecule has 10 heteroatoms. The highest BCUT2D eigenvalue weighted by molar-refractivity contribution is 6.08. The molecule has 9 nitrogen and oxygen atoms in total. The average molecular weight is 444 g/mol. The zero-order chi connectivity index (χ0) is 22.9. The van der Waals surface area contributed by atoms with Crippen LogP contribution in [-0.2, 0) is 13.1 Å². The van der Waals surface area contributed by atoms with Gasteiger partial charge in [-0.2, -0.15) is 15.3 Å². The minimum Gasteiger partial charge on any atom is -0.319 e. The monoisotopic (exact) mass is 444 g/mol. The molecular weight excluding hydrogens is 423 g/mol. The van der Waals surface area contributed by atoms with Crippen LogP contribution in [0.2, 0.25) is 0 Å². The molecule has 33 heavy (non-hydrogen) atoms. The first kappa shape index (κ1) is 20.6. The van der Waals surface area contributed by atoms with Crippen LogP contribution in [0.4, 0.5) is 10.1 Å². The number of nitrogens with zero attached hydrogens (tertiary/aromatic N) is 7. The largest absolute Gasteiger partial charge is 0.319 e. The molecule has 1 N–H and O–H groups in total. The quantitative estimate of drug-likeness (QED) is 0.432. The van der Waals surface area contributed by atoms with Crippen molar-refractivity contribution in [2.75, 3.05) is 5.32 Å². The number of hydrogen-bond acceptors (Lipinski definition) is 5. The third-order valence-electron chi connectivity index (χ3n) is 5.37. The Kier molecular flexibility index (Phi) is 5.17. The fourth-order valence-electron chi connectivity index (χ4n) is 3.70. The predicted molar refractivity (Wildman–Crippen MR) is 120 cm³/mol. The lowest BCUT2D eigenvalue weighted by molar-refractivity contribution is 0.102. The van der Waals surface area contributed by atoms with Crippen LogP contribution in [0, 0.1) is 12.7 Å². The van der Waals surface area contributed by atoms with Gasteiger partial charge in [0.05, 0.1) is 36.0 Å². The summed E-state index contributed by atoms with van der Waals surface area (Å²) < 4.78 is 19.0. The van der Waals surface area contributed by atoms with Crippen LogP contribution < -0.4 is 5.32 Å². The summed E-state index contributed by atoms with van der Waals surface area (Å²) >= 11 is 0. The van der Waals surface area contributed by atoms with E-state index in [9.17, 15) is 9.18 Å². The summed E-state index contributed by atoms with van der Waals surface area (Å²) in [6.07, 6.45) is 8.27. The lowest BCUT2D eigenvalue weighted by Crippen LogP contribution is -2.12. The molecule has 5 aromatic rings. The van der Waals surface area contributed by atoms with E-state index in [-0.39, 0.29) is 18.3 Å². The predicted octanol–water partition coefficient (Wildman–Crippen LogP) is 3.56. The highest BCUT2D eigenvalue weighted by atomic mass is 19.1. The van der Waals surface area contributed by atoms with Crippen molar-refractivity contribution in [1.82, 2.24) is 34.2 Å². The number of carbonyl (C=O) groups excluding carboxylic acids is 1. The number of amides is 1. The number of nitrogens with one attached hydrogen (secondary N) is 1. The van der Waals surface area contributed by atoms with E-state index < -0.39 is 0 Å². The van der Waals surface area contributed by atoms with Crippen molar-refractivity contribution in [2.45, 2.75) is 26.9 Å². The van der Waals surface area contributed by atoms with Crippen LogP contribution in [0.3, 0.4) is 0 Å². The van der Waals surface area contributed by atoms with Crippen molar-refractivity contribution < 1.29 is 9.18 Å². The number of carbonyl (C=O) groups is 1. The van der Waals surface area contributed by atoms with Crippen LogP contribution in [-0.4, -0.2) is 40.1 Å². The summed E-state index contributed by atoms with van der Waals surface area (Å²) in [6.45, 7) is 4.97. The van der Waals surface area contributed by atoms with Gasteiger partial charge in [0.2, 0.25) is 0 Å². The Morgan fingerprint density at radius 3 is 2.73 bits per heavy atom. The van der Waals surface area contributed by atoms with E-state index in [1.807, 2.05) is 30.8 Å². The Balaban J connectivity index is 1.39. The Bertz CT molecular complexity index is 1460. The molecule has 5 rings (SSSR count). The first-order valence-corrected chi connectivity index (χ1v) is 10.5. The van der Waals surface area contributed by atoms with Gasteiger partial charge in [0.1, 0.15) is 11.4 Å². The van der Waals surface area contributed by atoms with Gasteiger partial charge in [-0.15, -0.1) is 0 Å². The first-order valence-electron chi connectivity index (χ1n) is 10.5. The topological polar surface area (TPSA) is 94.9 Å². The number of aromatic nitrogens is 7. The molecule has 0 aliphatic carbocycles. The Morgan fingerprint density at radius 2 is 1.94 bits per heavy atom. The number of aryl methyl sites for hydroxylation is 2. The normalized spacial score (nSPS) is 11.2. The van der Waals surface area contributed by atoms with Crippen LogP contribution in [0.5, 0.6) is 0 Å². The summed E-state index contributed by atoms with van der Waals surface area (Å²) in [6, 6.07) is 8.36. The lowest BCUT2D eigenvalue weighted by Gasteiger charge is -2.04. The molecule has 1 amide bonds. The van der Waals surface area contributed by atoms with E-state index in [1.165, 1.54) is 18.5 Å². The number of benzene rings is 1. The molecule has 0 spiro atoms. The van der Waals surface area contributed by atoms with E-state index in [0.717, 1.165) is 23.5 Å². The Hall–Kier alpha value is -4.34. The van der Waals surface area contributed by atoms with E-state index in [0.29, 0.717) is 22.5 Å². The highest BCUT2D eigenvalue weighted by Crippen LogP contribution is 2.24. The first-order chi connectivity index (χ1) is 16.0. The van der Waals surface area contributed by atoms with Crippen molar-refractivity contribution in [3.63, 3.8) is 0 Å². The van der Waals surface area contributed by atoms with E-state index in [2.05, 4.69) is 25.6 Å². The summed E-state index contributed by atoms with van der Waals surface area (Å²) in [4.78, 5) is 17.3. The Labute approximate surface area is 188 Å². The van der Waals surface area contributed by atoms with Crippen molar-refractivity contribution in [2.24, 2.45) is 0 Å². The molecular formula is C23H21FN8O. The van der Waals surface area contributed by atoms with Crippen molar-refractivity contribution in [3.8, 4) is 11.3 Å². The molecule has 0 saturated carbocycles. The van der Waals surface area contributed by atoms with Gasteiger partial charge < -0.3 is 5.32 Å². The summed E-state index contributed by atoms with van der Waals surface area (Å²) in [5.74, 6) is -0.660. The van der Waals surface area contributed by atoms with Crippen LogP contribution in [0.1, 0.15) is 28.5 Å². The molecule has 0 bridgehead atoms. The minimum atomic E-state index is -0.360. The van der Waals surface area contributed by atoms with Gasteiger partial charge in [-0.25, -0.2) is 13.9 Å². The molecule has 4 aromatic heterocycles. The third-order valence-corrected chi connectivity index (χ3v) is 5.37. The molecule has 0 aliphatic heterocycles. The van der Waals surface area contributed by atoms with Gasteiger partial charge in [0.25, 0.3) is 5.91 Å². The third kappa shape index (κ3) is 3.86. The van der Waals surface area contributed by atoms with Crippen molar-refractivity contribution >= 4 is 17.2 Å². The molecule has 0 saturated heterocycles. The van der Waals surface area contributed by atoms with Crippen LogP contribution in [0.25, 0.3) is 16.9 Å². The molecule has 0 atom stereocenters. The molecule has 0 fully saturated rings. The van der Waals surface area contributed by atoms with Crippen molar-refractivity contribution in [1.29, 1.82) is 0 Å². The van der Waals surface area contributed by atoms with E-state index in [4.69, 9.17) is 0 Å². The molecule has 0 unspecified atom stereocenters. The number of anilines is 1. The van der Waals surface area contributed by atoms with Gasteiger partial charge in [-0.3, -0.25) is 14.2 Å². The Morgan fingerprint density at radius 1 is 1.09 bits per heavy atom. The smallest absolute Gasteiger partial charge is 0.261 e. The van der Waals surface area contributed by atoms with Crippen LogP contribution >= 0.6 is 0 Å². The SMILES string of the molecule is CCn1cc(-c2ccnc3c(C(=O)Nc4cnn(Cc5ccccc5F)c4)cnn23)c(C)n1. The number of fused-ring (bicyclic) bond motifs is 1. The fourth-order valence-corrected chi connectivity index (χ4v) is 3.70. The van der Waals surface area contributed by atoms with Gasteiger partial charge in [0, 0.05) is 36.3 Å². The maximum atomic E-state index is 13.9. The number of rotatable bonds is 6. The van der Waals surface area contributed by atoms with E-state index in [1.54, 1.807) is 39.8 Å². The summed E-state index contributed by atoms with van der Waals surface area (Å²) in [5.41, 5.74) is 4.37. The molecule has 1 aromatic carbocycles. The minimum absolute atomic E-state index is 0.259. The van der Waals surface area contributed by atoms with Crippen molar-refractivity contribution in [3.05, 3.63) is 84.0 Å². The second-order valence-corrected chi connectivity index (χ2v) is 7.58. The zero-order valence-electron chi connectivity index (χ0n) is 18.1. The summed E-state index contributed by atoms with van der Waals surface area (Å²) in [5, 5.41) is 15.9. The average Bonchev–Trinajstić information content (AvgIpc) is 3.53. The van der Waals surface area contributed by atoms with Gasteiger partial charge >= 0.3 is 0 Å². The maximum absolute atomic E-state index is 13.9. The lowest BCUT2D eigenvalue weighted by atomic mass is 10.2. The number of hydrogen-bond donors (Lipinski definition) is 1. The fraction of sp³-hybridized carbons (Fsp3) is 0.174. The molecule has 0 aliphatic rings. The standard InChI is InChI=1S/C23H21FN8O/c1-3-30-14-19(15(2)29-30)21-8-9-25-22-18(11-27-32(21)22)23(33)28-17-10-26-31(13-17)12-16-6-4-5-7-20(16)24/h4-11,13-14H,3,12H2,1-2H3,(H,28,33). The van der Waals surface area contributed by atoms with Gasteiger partial charge in [-0.05, 0) is 26.0 Å². The highest BCUT2D eigenvalue weighted by Gasteiger charge is 2.18. The van der Waals surface area contributed by atoms with Crippen LogP contribution in [0.15, 0.2) is 61.3 Å². The van der Waals surface area contributed by atoms with E-state index >= 15 is 0 Å². The second-order valence-electron chi connectivity index (χ2n) is 7.58. The maximum Gasteiger partial charge on any atom is 0.261 e. The number of halogens is 1. The molecule has 166 valence electrons. The summed E-state index contributed by atoms with van der Waals surface area (Å²) in [7, 11) is 0. The second kappa shape index (κ2) is 8.30. The molecule has 4 heterocycles. The van der Waals surface area contributed by atoms with Gasteiger partial charge in [0.15, 0.2) is 5.65 Å². The molecule has 0 radical (unpaired) electrons. The van der Waals surface area contributed by atoms with Gasteiger partial charge in [-0.1, -0.05) is 18.2 Å². The zero-order valence-corrected chi connectivity index (χ0v) is 18.1.